The molecule has 4 aliphatic carbocycles. The highest BCUT2D eigenvalue weighted by atomic mass is 79.9. The number of hydrogen-bond acceptors (Lipinski definition) is 3. The normalized spacial score (nSPS) is 33.5. The predicted molar refractivity (Wildman–Crippen MR) is 90.0 cm³/mol. The second kappa shape index (κ2) is 5.94. The molecule has 0 aromatic heterocycles. The van der Waals surface area contributed by atoms with Crippen LogP contribution >= 0.6 is 15.9 Å². The molecule has 1 aromatic carbocycles. The number of rotatable bonds is 4. The first kappa shape index (κ1) is 16.2. The monoisotopic (exact) mass is 394 g/mol. The van der Waals surface area contributed by atoms with E-state index in [2.05, 4.69) is 15.9 Å². The van der Waals surface area contributed by atoms with E-state index in [-0.39, 0.29) is 23.4 Å². The van der Waals surface area contributed by atoms with Gasteiger partial charge in [-0.15, -0.1) is 0 Å². The quantitative estimate of drug-likeness (QED) is 0.704. The van der Waals surface area contributed by atoms with Gasteiger partial charge in [0.15, 0.2) is 12.4 Å². The minimum absolute atomic E-state index is 0.0770. The van der Waals surface area contributed by atoms with Crippen LogP contribution in [-0.2, 0) is 9.53 Å². The number of halogens is 2. The second-order valence-corrected chi connectivity index (χ2v) is 8.68. The summed E-state index contributed by atoms with van der Waals surface area (Å²) in [6, 6.07) is 3.80. The number of benzene rings is 1. The van der Waals surface area contributed by atoms with Gasteiger partial charge in [-0.05, 0) is 90.4 Å². The van der Waals surface area contributed by atoms with Crippen molar-refractivity contribution in [2.24, 2.45) is 23.2 Å². The van der Waals surface area contributed by atoms with Crippen molar-refractivity contribution in [3.05, 3.63) is 34.1 Å². The summed E-state index contributed by atoms with van der Waals surface area (Å²) in [7, 11) is 0. The van der Waals surface area contributed by atoms with Crippen molar-refractivity contribution in [2.75, 3.05) is 6.61 Å². The number of Topliss-reactive ketones (excluding diaryl/α,β-unsaturated/α-hetero) is 1. The Morgan fingerprint density at radius 1 is 1.12 bits per heavy atom. The molecule has 1 aromatic rings. The van der Waals surface area contributed by atoms with Gasteiger partial charge in [0.25, 0.3) is 0 Å². The lowest BCUT2D eigenvalue weighted by Gasteiger charge is -2.55. The van der Waals surface area contributed by atoms with E-state index in [1.54, 1.807) is 0 Å². The van der Waals surface area contributed by atoms with Crippen LogP contribution in [0.4, 0.5) is 4.39 Å². The van der Waals surface area contributed by atoms with E-state index in [1.165, 1.54) is 37.5 Å². The minimum atomic E-state index is -0.583. The van der Waals surface area contributed by atoms with E-state index in [4.69, 9.17) is 4.74 Å². The summed E-state index contributed by atoms with van der Waals surface area (Å²) in [4.78, 5) is 25.0. The van der Waals surface area contributed by atoms with E-state index < -0.39 is 11.8 Å². The molecule has 3 nitrogen and oxygen atoms in total. The van der Waals surface area contributed by atoms with E-state index in [9.17, 15) is 14.0 Å². The van der Waals surface area contributed by atoms with Crippen LogP contribution in [0, 0.1) is 29.0 Å². The van der Waals surface area contributed by atoms with Crippen molar-refractivity contribution in [3.63, 3.8) is 0 Å². The third-order valence-electron chi connectivity index (χ3n) is 6.12. The van der Waals surface area contributed by atoms with Crippen LogP contribution in [-0.4, -0.2) is 18.4 Å². The summed E-state index contributed by atoms with van der Waals surface area (Å²) in [6.45, 7) is -0.172. The maximum Gasteiger partial charge on any atom is 0.339 e. The molecule has 128 valence electrons. The second-order valence-electron chi connectivity index (χ2n) is 7.82. The van der Waals surface area contributed by atoms with Crippen LogP contribution in [0.15, 0.2) is 22.7 Å². The zero-order chi connectivity index (χ0) is 16.9. The molecule has 4 bridgehead atoms. The van der Waals surface area contributed by atoms with Crippen molar-refractivity contribution in [3.8, 4) is 0 Å². The maximum absolute atomic E-state index is 13.1. The Bertz CT molecular complexity index is 665. The smallest absolute Gasteiger partial charge is 0.339 e. The molecule has 0 atom stereocenters. The van der Waals surface area contributed by atoms with Crippen molar-refractivity contribution in [2.45, 2.75) is 38.5 Å². The molecule has 4 saturated carbocycles. The summed E-state index contributed by atoms with van der Waals surface area (Å²) in [5.74, 6) is 1.11. The van der Waals surface area contributed by atoms with Gasteiger partial charge < -0.3 is 4.74 Å². The minimum Gasteiger partial charge on any atom is -0.454 e. The Morgan fingerprint density at radius 3 is 2.25 bits per heavy atom. The lowest BCUT2D eigenvalue weighted by atomic mass is 9.48. The average Bonchev–Trinajstić information content (AvgIpc) is 2.51. The van der Waals surface area contributed by atoms with Crippen molar-refractivity contribution in [1.82, 2.24) is 0 Å². The molecule has 0 amide bonds. The van der Waals surface area contributed by atoms with Crippen LogP contribution in [0.1, 0.15) is 48.9 Å². The van der Waals surface area contributed by atoms with Gasteiger partial charge in [0.1, 0.15) is 5.82 Å². The van der Waals surface area contributed by atoms with Gasteiger partial charge in [-0.25, -0.2) is 9.18 Å². The highest BCUT2D eigenvalue weighted by Crippen LogP contribution is 2.60. The van der Waals surface area contributed by atoms with Crippen LogP contribution < -0.4 is 0 Å². The fraction of sp³-hybridized carbons (Fsp3) is 0.579. The molecule has 4 fully saturated rings. The summed E-state index contributed by atoms with van der Waals surface area (Å²) < 4.78 is 18.7. The maximum atomic E-state index is 13.1. The molecule has 5 heteroatoms. The van der Waals surface area contributed by atoms with Crippen molar-refractivity contribution < 1.29 is 18.7 Å². The van der Waals surface area contributed by atoms with Gasteiger partial charge in [-0.3, -0.25) is 4.79 Å². The fourth-order valence-corrected chi connectivity index (χ4v) is 5.98. The first-order chi connectivity index (χ1) is 11.4. The molecule has 4 aliphatic rings. The molecule has 0 spiro atoms. The van der Waals surface area contributed by atoms with Crippen LogP contribution in [0.3, 0.4) is 0 Å². The lowest BCUT2D eigenvalue weighted by Crippen LogP contribution is -2.51. The number of ether oxygens (including phenoxy) is 1. The van der Waals surface area contributed by atoms with Gasteiger partial charge in [0.2, 0.25) is 0 Å². The fourth-order valence-electron chi connectivity index (χ4n) is 5.47. The zero-order valence-corrected chi connectivity index (χ0v) is 15.0. The average molecular weight is 395 g/mol. The molecule has 0 N–H and O–H groups in total. The highest BCUT2D eigenvalue weighted by Gasteiger charge is 2.54. The molecule has 5 rings (SSSR count). The van der Waals surface area contributed by atoms with Gasteiger partial charge in [-0.1, -0.05) is 0 Å². The van der Waals surface area contributed by atoms with E-state index >= 15 is 0 Å². The zero-order valence-electron chi connectivity index (χ0n) is 13.4. The molecule has 24 heavy (non-hydrogen) atoms. The van der Waals surface area contributed by atoms with E-state index in [0.717, 1.165) is 19.3 Å². The Kier molecular flexibility index (Phi) is 4.02. The Labute approximate surface area is 149 Å². The number of hydrogen-bond donors (Lipinski definition) is 0. The standard InChI is InChI=1S/C19H20BrFO3/c20-16-6-14(21)1-2-15(16)18(23)24-10-17(22)19-7-11-3-12(8-19)5-13(4-11)9-19/h1-2,6,11-13H,3-5,7-10H2. The predicted octanol–water partition coefficient (Wildman–Crippen LogP) is 4.53. The summed E-state index contributed by atoms with van der Waals surface area (Å²) in [5.41, 5.74) is -0.00980. The van der Waals surface area contributed by atoms with Crippen molar-refractivity contribution >= 4 is 27.7 Å². The van der Waals surface area contributed by atoms with Gasteiger partial charge in [0.05, 0.1) is 5.56 Å². The molecule has 0 aliphatic heterocycles. The first-order valence-corrected chi connectivity index (χ1v) is 9.40. The number of carbonyl (C=O) groups is 2. The van der Waals surface area contributed by atoms with Crippen LogP contribution in [0.5, 0.6) is 0 Å². The third-order valence-corrected chi connectivity index (χ3v) is 6.77. The highest BCUT2D eigenvalue weighted by molar-refractivity contribution is 9.10. The number of esters is 1. The van der Waals surface area contributed by atoms with E-state index in [0.29, 0.717) is 22.2 Å². The number of carbonyl (C=O) groups excluding carboxylic acids is 2. The third kappa shape index (κ3) is 2.81. The molecular weight excluding hydrogens is 375 g/mol. The largest absolute Gasteiger partial charge is 0.454 e. The number of ketones is 1. The summed E-state index contributed by atoms with van der Waals surface area (Å²) in [5, 5.41) is 0. The Balaban J connectivity index is 1.42. The topological polar surface area (TPSA) is 43.4 Å². The van der Waals surface area contributed by atoms with Crippen LogP contribution in [0.2, 0.25) is 0 Å². The molecule has 0 heterocycles. The van der Waals surface area contributed by atoms with Crippen molar-refractivity contribution in [1.29, 1.82) is 0 Å². The molecule has 0 unspecified atom stereocenters. The Morgan fingerprint density at radius 2 is 1.71 bits per heavy atom. The SMILES string of the molecule is O=C(OCC(=O)C12CC3CC(CC(C3)C1)C2)c1ccc(F)cc1Br. The molecular formula is C19H20BrFO3. The van der Waals surface area contributed by atoms with Gasteiger partial charge >= 0.3 is 5.97 Å². The summed E-state index contributed by atoms with van der Waals surface area (Å²) >= 11 is 3.16. The van der Waals surface area contributed by atoms with Gasteiger partial charge in [-0.2, -0.15) is 0 Å². The van der Waals surface area contributed by atoms with Gasteiger partial charge in [0, 0.05) is 9.89 Å². The molecule has 0 saturated heterocycles. The summed E-state index contributed by atoms with van der Waals surface area (Å²) in [6.07, 6.45) is 6.72. The lowest BCUT2D eigenvalue weighted by molar-refractivity contribution is -0.147. The Hall–Kier alpha value is -1.23. The van der Waals surface area contributed by atoms with E-state index in [1.807, 2.05) is 0 Å². The molecule has 0 radical (unpaired) electrons. The van der Waals surface area contributed by atoms with Crippen LogP contribution in [0.25, 0.3) is 0 Å². The first-order valence-electron chi connectivity index (χ1n) is 8.61.